The number of fused-ring (bicyclic) bond motifs is 7. The van der Waals surface area contributed by atoms with Gasteiger partial charge in [-0.25, -0.2) is 28.8 Å². The van der Waals surface area contributed by atoms with E-state index in [1.807, 2.05) is 54.5 Å². The fraction of sp³-hybridized carbons (Fsp3) is 0.808. The van der Waals surface area contributed by atoms with Crippen LogP contribution in [-0.2, 0) is 100.0 Å². The Labute approximate surface area is 604 Å². The molecule has 0 radical (unpaired) electrons. The molecule has 4 saturated carbocycles. The zero-order chi connectivity index (χ0) is 77.0. The molecule has 5 aliphatic carbocycles. The van der Waals surface area contributed by atoms with E-state index in [0.29, 0.717) is 38.5 Å². The number of ether oxygens (including phenoxy) is 12. The van der Waals surface area contributed by atoms with E-state index in [9.17, 15) is 52.7 Å². The predicted octanol–water partition coefficient (Wildman–Crippen LogP) is 7.17. The number of hydrogen-bond donors (Lipinski definition) is 6. The van der Waals surface area contributed by atoms with Crippen LogP contribution >= 0.6 is 0 Å². The molecule has 6 amide bonds. The number of methoxy groups -OCH3 is 3. The van der Waals surface area contributed by atoms with E-state index in [1.54, 1.807) is 13.8 Å². The number of nitrogens with one attached hydrogen (secondary N) is 6. The molecule has 30 heteroatoms. The Morgan fingerprint density at radius 2 is 0.903 bits per heavy atom. The minimum absolute atomic E-state index is 0.0101. The summed E-state index contributed by atoms with van der Waals surface area (Å²) in [6, 6.07) is -5.87. The zero-order valence-electron chi connectivity index (χ0n) is 63.9. The summed E-state index contributed by atoms with van der Waals surface area (Å²) in [7, 11) is 3.58. The normalized spacial score (nSPS) is 35.1. The molecule has 0 aromatic carbocycles. The number of carbonyl (C=O) groups is 12. The highest BCUT2D eigenvalue weighted by atomic mass is 16.8. The third-order valence-electron chi connectivity index (χ3n) is 23.1. The van der Waals surface area contributed by atoms with E-state index in [-0.39, 0.29) is 60.1 Å². The van der Waals surface area contributed by atoms with E-state index < -0.39 is 185 Å². The van der Waals surface area contributed by atoms with Gasteiger partial charge in [0, 0.05) is 46.1 Å². The van der Waals surface area contributed by atoms with Crippen LogP contribution in [0, 0.1) is 62.6 Å². The molecule has 0 spiro atoms. The van der Waals surface area contributed by atoms with Crippen LogP contribution < -0.4 is 31.9 Å². The Balaban J connectivity index is 1.31. The lowest BCUT2D eigenvalue weighted by molar-refractivity contribution is -0.378. The Bertz CT molecular complexity index is 3210. The standard InChI is InChI=1S/C73H114N6O24/c1-35(2)30-45(60(86)92-19)74-65(89)77-58-54(98-41(10)83)52(96-39(8)81)56(101-64-55(99-42(11)84)51(95-38(7)80)53(97-40(9)82)59(103-64)78-66(90)75-46(31-36(3)4)61(87)93-20)63(102-58)100-50-23-24-71(16)49(68(50,12)13)22-25-73(18)57(71)48(85)33-43-44-34-70(15,28-26-69(44,14)27-29-72(43,73)17)79-67(91)76-47(32-37(5)6)62(88)94-21/h33,35-37,44-47,49-59,63-64H,22-32,34H2,1-21H3,(H2,74,77,89)(H2,75,78,90)(H2,76,79,91)/t44-,45-,46-,47-,49-,50-,51-,52-,53-,54-,55+,56+,57+,58-,59+,63+,64+,69+,70-,71-,72+,73+/m0/s1. The van der Waals surface area contributed by atoms with Crippen LogP contribution in [-0.4, -0.2) is 184 Å². The van der Waals surface area contributed by atoms with E-state index in [1.165, 1.54) is 7.11 Å². The first-order valence-electron chi connectivity index (χ1n) is 36.1. The molecule has 0 unspecified atom stereocenters. The van der Waals surface area contributed by atoms with Crippen molar-refractivity contribution in [1.82, 2.24) is 31.9 Å². The maximum atomic E-state index is 15.8. The quantitative estimate of drug-likeness (QED) is 0.0316. The predicted molar refractivity (Wildman–Crippen MR) is 365 cm³/mol. The van der Waals surface area contributed by atoms with E-state index in [2.05, 4.69) is 59.6 Å². The highest BCUT2D eigenvalue weighted by Crippen LogP contribution is 2.75. The molecule has 6 fully saturated rings. The number of ketones is 1. The highest BCUT2D eigenvalue weighted by molar-refractivity contribution is 5.96. The number of amides is 6. The van der Waals surface area contributed by atoms with Crippen molar-refractivity contribution in [3.8, 4) is 0 Å². The second kappa shape index (κ2) is 33.1. The molecule has 0 aromatic heterocycles. The van der Waals surface area contributed by atoms with Crippen molar-refractivity contribution in [1.29, 1.82) is 0 Å². The van der Waals surface area contributed by atoms with Crippen molar-refractivity contribution in [2.75, 3.05) is 21.3 Å². The first kappa shape index (κ1) is 83.1. The van der Waals surface area contributed by atoms with Crippen LogP contribution in [0.3, 0.4) is 0 Å². The maximum Gasteiger partial charge on any atom is 0.328 e. The van der Waals surface area contributed by atoms with Gasteiger partial charge >= 0.3 is 65.8 Å². The molecule has 7 aliphatic rings. The second-order valence-electron chi connectivity index (χ2n) is 32.5. The van der Waals surface area contributed by atoms with Crippen molar-refractivity contribution in [3.63, 3.8) is 0 Å². The van der Waals surface area contributed by atoms with Gasteiger partial charge in [-0.15, -0.1) is 0 Å². The second-order valence-corrected chi connectivity index (χ2v) is 32.5. The van der Waals surface area contributed by atoms with Gasteiger partial charge in [-0.1, -0.05) is 88.7 Å². The number of allylic oxidation sites excluding steroid dienone is 2. The SMILES string of the molecule is COC(=O)[C@H](CC(C)C)NC(=O)N[C@@H]1O[C@@H](O[C@H]2[C@H](O[C@H]3CC[C@]4(C)[C@H]5C(=O)C=C6[C@@H]7C[C@@](C)(NC(=O)N[C@@H](CC(C)C)C(=O)OC)CC[C@]7(C)CC[C@@]6(C)[C@]5(C)CC[C@H]4C3(C)C)O[C@H](NC(=O)N[C@@H](CC(C)C)C(=O)OC)[C@@H](OC(C)=O)[C@@H]2OC(C)=O)[C@H](OC(C)=O)[C@@H](OC(C)=O)[C@@H]1OC(C)=O. The first-order valence-corrected chi connectivity index (χ1v) is 36.1. The average Bonchev–Trinajstić information content (AvgIpc) is 0.673. The molecule has 103 heavy (non-hydrogen) atoms. The van der Waals surface area contributed by atoms with Gasteiger partial charge in [0.05, 0.1) is 27.4 Å². The summed E-state index contributed by atoms with van der Waals surface area (Å²) < 4.78 is 71.8. The lowest BCUT2D eigenvalue weighted by atomic mass is 9.33. The average molecular weight is 1460 g/mol. The summed E-state index contributed by atoms with van der Waals surface area (Å²) in [5, 5.41) is 16.4. The molecule has 30 nitrogen and oxygen atoms in total. The smallest absolute Gasteiger partial charge is 0.328 e. The fourth-order valence-electron chi connectivity index (χ4n) is 18.3. The van der Waals surface area contributed by atoms with Gasteiger partial charge in [0.15, 0.2) is 61.2 Å². The topological polar surface area (TPSA) is 388 Å². The summed E-state index contributed by atoms with van der Waals surface area (Å²) in [5.74, 6) is -8.11. The van der Waals surface area contributed by atoms with Crippen LogP contribution in [0.15, 0.2) is 11.6 Å². The number of urea groups is 3. The van der Waals surface area contributed by atoms with Gasteiger partial charge in [-0.05, 0) is 147 Å². The van der Waals surface area contributed by atoms with Crippen molar-refractivity contribution >= 4 is 71.6 Å². The fourth-order valence-corrected chi connectivity index (χ4v) is 18.3. The van der Waals surface area contributed by atoms with Crippen LogP contribution in [0.2, 0.25) is 0 Å². The summed E-state index contributed by atoms with van der Waals surface area (Å²) in [5.41, 5.74) is -2.38. The van der Waals surface area contributed by atoms with Crippen molar-refractivity contribution < 1.29 is 114 Å². The molecular weight excluding hydrogens is 1340 g/mol. The summed E-state index contributed by atoms with van der Waals surface area (Å²) in [6.07, 6.45) is -11.8. The highest BCUT2D eigenvalue weighted by Gasteiger charge is 2.71. The summed E-state index contributed by atoms with van der Waals surface area (Å²) in [4.78, 5) is 164. The third kappa shape index (κ3) is 18.6. The van der Waals surface area contributed by atoms with E-state index in [0.717, 1.165) is 73.7 Å². The third-order valence-corrected chi connectivity index (χ3v) is 23.1. The Morgan fingerprint density at radius 1 is 0.495 bits per heavy atom. The molecule has 7 rings (SSSR count). The van der Waals surface area contributed by atoms with Gasteiger partial charge in [-0.2, -0.15) is 0 Å². The maximum absolute atomic E-state index is 15.8. The van der Waals surface area contributed by atoms with Crippen LogP contribution in [0.5, 0.6) is 0 Å². The van der Waals surface area contributed by atoms with Crippen LogP contribution in [0.4, 0.5) is 14.4 Å². The minimum Gasteiger partial charge on any atom is -0.467 e. The molecule has 2 saturated heterocycles. The van der Waals surface area contributed by atoms with Gasteiger partial charge in [0.1, 0.15) is 18.1 Å². The molecule has 0 aromatic rings. The lowest BCUT2D eigenvalue weighted by Gasteiger charge is -2.70. The van der Waals surface area contributed by atoms with Crippen molar-refractivity contribution in [2.24, 2.45) is 62.6 Å². The van der Waals surface area contributed by atoms with Gasteiger partial charge in [0.2, 0.25) is 6.29 Å². The molecule has 2 aliphatic heterocycles. The zero-order valence-corrected chi connectivity index (χ0v) is 63.9. The molecule has 580 valence electrons. The molecule has 2 heterocycles. The monoisotopic (exact) mass is 1460 g/mol. The molecular formula is C73H114N6O24. The van der Waals surface area contributed by atoms with Crippen LogP contribution in [0.1, 0.15) is 202 Å². The van der Waals surface area contributed by atoms with Gasteiger partial charge < -0.3 is 88.7 Å². The van der Waals surface area contributed by atoms with Crippen LogP contribution in [0.25, 0.3) is 0 Å². The van der Waals surface area contributed by atoms with Gasteiger partial charge in [0.25, 0.3) is 0 Å². The first-order chi connectivity index (χ1) is 47.9. The number of rotatable bonds is 24. The van der Waals surface area contributed by atoms with E-state index >= 15 is 4.79 Å². The Kier molecular flexibility index (Phi) is 26.7. The minimum atomic E-state index is -2.11. The molecule has 6 N–H and O–H groups in total. The summed E-state index contributed by atoms with van der Waals surface area (Å²) >= 11 is 0. The lowest BCUT2D eigenvalue weighted by Crippen LogP contribution is -2.71. The molecule has 0 bridgehead atoms. The number of carbonyl (C=O) groups excluding carboxylic acids is 12. The molecule has 22 atom stereocenters. The Morgan fingerprint density at radius 3 is 1.34 bits per heavy atom. The number of hydrogen-bond acceptors (Lipinski definition) is 24. The van der Waals surface area contributed by atoms with Crippen molar-refractivity contribution in [2.45, 2.75) is 293 Å². The summed E-state index contributed by atoms with van der Waals surface area (Å²) in [6.45, 7) is 31.4. The largest absolute Gasteiger partial charge is 0.467 e. The van der Waals surface area contributed by atoms with E-state index in [4.69, 9.17) is 56.8 Å². The van der Waals surface area contributed by atoms with Gasteiger partial charge in [-0.3, -0.25) is 28.8 Å². The number of esters is 8. The Hall–Kier alpha value is -7.18. The van der Waals surface area contributed by atoms with Crippen molar-refractivity contribution in [3.05, 3.63) is 11.6 Å².